The van der Waals surface area contributed by atoms with Crippen LogP contribution in [0.15, 0.2) is 48.1 Å². The Morgan fingerprint density at radius 3 is 3.04 bits per heavy atom. The molecule has 4 rings (SSSR count). The fourth-order valence-electron chi connectivity index (χ4n) is 3.56. The standard InChI is InChI=1S/C19H23N5OS/c1-22-10-2-5-18(22)19(25)20-8-6-15-12-23(14-17-4-3-11-26-17)13-16-7-9-21-24(15)16/h2-5,7,9-11,15H,6,8,12-14H2,1H3,(H,20,25)/t15-/m0/s1. The highest BCUT2D eigenvalue weighted by Gasteiger charge is 2.25. The summed E-state index contributed by atoms with van der Waals surface area (Å²) in [6, 6.07) is 10.4. The SMILES string of the molecule is Cn1cccc1C(=O)NCC[C@H]1CN(Cc2cccs2)Cc2ccnn21. The van der Waals surface area contributed by atoms with Crippen molar-refractivity contribution in [3.8, 4) is 0 Å². The second kappa shape index (κ2) is 7.47. The Labute approximate surface area is 157 Å². The maximum atomic E-state index is 12.3. The van der Waals surface area contributed by atoms with Gasteiger partial charge < -0.3 is 9.88 Å². The van der Waals surface area contributed by atoms with Crippen LogP contribution < -0.4 is 5.32 Å². The molecule has 3 aromatic rings. The maximum Gasteiger partial charge on any atom is 0.267 e. The quantitative estimate of drug-likeness (QED) is 0.727. The molecule has 26 heavy (non-hydrogen) atoms. The number of carbonyl (C=O) groups excluding carboxylic acids is 1. The summed E-state index contributed by atoms with van der Waals surface area (Å²) in [5.74, 6) is -0.0237. The summed E-state index contributed by atoms with van der Waals surface area (Å²) in [7, 11) is 1.88. The van der Waals surface area contributed by atoms with Crippen LogP contribution in [0.4, 0.5) is 0 Å². The van der Waals surface area contributed by atoms with Gasteiger partial charge in [-0.05, 0) is 36.1 Å². The molecule has 0 bridgehead atoms. The molecule has 6 nitrogen and oxygen atoms in total. The Bertz CT molecular complexity index is 866. The number of hydrogen-bond donors (Lipinski definition) is 1. The van der Waals surface area contributed by atoms with Crippen molar-refractivity contribution in [2.24, 2.45) is 7.05 Å². The van der Waals surface area contributed by atoms with Gasteiger partial charge in [0.1, 0.15) is 5.69 Å². The van der Waals surface area contributed by atoms with Crippen molar-refractivity contribution in [1.82, 2.24) is 24.6 Å². The van der Waals surface area contributed by atoms with E-state index in [0.29, 0.717) is 12.2 Å². The zero-order chi connectivity index (χ0) is 17.9. The lowest BCUT2D eigenvalue weighted by Gasteiger charge is -2.33. The minimum Gasteiger partial charge on any atom is -0.351 e. The number of aromatic nitrogens is 3. The van der Waals surface area contributed by atoms with Crippen molar-refractivity contribution in [1.29, 1.82) is 0 Å². The Morgan fingerprint density at radius 1 is 1.35 bits per heavy atom. The first-order valence-electron chi connectivity index (χ1n) is 8.87. The van der Waals surface area contributed by atoms with Crippen molar-refractivity contribution >= 4 is 17.2 Å². The monoisotopic (exact) mass is 369 g/mol. The van der Waals surface area contributed by atoms with Gasteiger partial charge in [-0.2, -0.15) is 5.10 Å². The van der Waals surface area contributed by atoms with Gasteiger partial charge in [-0.25, -0.2) is 0 Å². The normalized spacial score (nSPS) is 17.2. The van der Waals surface area contributed by atoms with Crippen LogP contribution >= 0.6 is 11.3 Å². The van der Waals surface area contributed by atoms with E-state index in [4.69, 9.17) is 0 Å². The van der Waals surface area contributed by atoms with Crippen LogP contribution in [0.3, 0.4) is 0 Å². The number of amides is 1. The number of nitrogens with one attached hydrogen (secondary N) is 1. The van der Waals surface area contributed by atoms with Gasteiger partial charge in [0.05, 0.1) is 11.7 Å². The molecule has 0 unspecified atom stereocenters. The predicted octanol–water partition coefficient (Wildman–Crippen LogP) is 2.66. The molecule has 4 heterocycles. The molecule has 136 valence electrons. The summed E-state index contributed by atoms with van der Waals surface area (Å²) in [5.41, 5.74) is 1.93. The van der Waals surface area contributed by atoms with E-state index in [0.717, 1.165) is 26.1 Å². The van der Waals surface area contributed by atoms with Crippen LogP contribution in [-0.4, -0.2) is 38.2 Å². The molecule has 0 radical (unpaired) electrons. The average Bonchev–Trinajstić information content (AvgIpc) is 3.36. The minimum absolute atomic E-state index is 0.0237. The molecule has 0 saturated carbocycles. The highest BCUT2D eigenvalue weighted by molar-refractivity contribution is 7.09. The number of fused-ring (bicyclic) bond motifs is 1. The van der Waals surface area contributed by atoms with Gasteiger partial charge >= 0.3 is 0 Å². The molecule has 0 aromatic carbocycles. The number of aryl methyl sites for hydroxylation is 1. The highest BCUT2D eigenvalue weighted by Crippen LogP contribution is 2.25. The second-order valence-electron chi connectivity index (χ2n) is 6.72. The van der Waals surface area contributed by atoms with Gasteiger partial charge in [0, 0.05) is 50.5 Å². The molecule has 0 aliphatic carbocycles. The van der Waals surface area contributed by atoms with Gasteiger partial charge in [0.2, 0.25) is 0 Å². The van der Waals surface area contributed by atoms with Gasteiger partial charge in [-0.3, -0.25) is 14.4 Å². The van der Waals surface area contributed by atoms with Crippen molar-refractivity contribution in [3.63, 3.8) is 0 Å². The third kappa shape index (κ3) is 3.59. The van der Waals surface area contributed by atoms with Crippen molar-refractivity contribution in [3.05, 3.63) is 64.4 Å². The van der Waals surface area contributed by atoms with Gasteiger partial charge in [-0.15, -0.1) is 11.3 Å². The van der Waals surface area contributed by atoms with Crippen LogP contribution in [0, 0.1) is 0 Å². The summed E-state index contributed by atoms with van der Waals surface area (Å²) in [6.45, 7) is 3.48. The lowest BCUT2D eigenvalue weighted by atomic mass is 10.1. The Morgan fingerprint density at radius 2 is 2.27 bits per heavy atom. The van der Waals surface area contributed by atoms with Crippen LogP contribution in [-0.2, 0) is 20.1 Å². The van der Waals surface area contributed by atoms with E-state index in [2.05, 4.69) is 43.6 Å². The zero-order valence-electron chi connectivity index (χ0n) is 14.8. The summed E-state index contributed by atoms with van der Waals surface area (Å²) in [6.07, 6.45) is 4.62. The summed E-state index contributed by atoms with van der Waals surface area (Å²) in [5, 5.41) is 9.67. The molecule has 3 aromatic heterocycles. The molecule has 0 fully saturated rings. The van der Waals surface area contributed by atoms with Crippen LogP contribution in [0.25, 0.3) is 0 Å². The molecule has 1 aliphatic rings. The topological polar surface area (TPSA) is 55.1 Å². The van der Waals surface area contributed by atoms with E-state index >= 15 is 0 Å². The van der Waals surface area contributed by atoms with E-state index < -0.39 is 0 Å². The Hall–Kier alpha value is -2.38. The van der Waals surface area contributed by atoms with Gasteiger partial charge in [-0.1, -0.05) is 6.07 Å². The minimum atomic E-state index is -0.0237. The molecule has 0 spiro atoms. The molecule has 7 heteroatoms. The van der Waals surface area contributed by atoms with Crippen LogP contribution in [0.1, 0.15) is 33.5 Å². The number of hydrogen-bond acceptors (Lipinski definition) is 4. The van der Waals surface area contributed by atoms with Gasteiger partial charge in [0.25, 0.3) is 5.91 Å². The summed E-state index contributed by atoms with van der Waals surface area (Å²) >= 11 is 1.80. The summed E-state index contributed by atoms with van der Waals surface area (Å²) in [4.78, 5) is 16.1. The largest absolute Gasteiger partial charge is 0.351 e. The average molecular weight is 369 g/mol. The first kappa shape index (κ1) is 17.1. The molecular formula is C19H23N5OS. The van der Waals surface area contributed by atoms with E-state index in [1.165, 1.54) is 10.6 Å². The van der Waals surface area contributed by atoms with Crippen LogP contribution in [0.2, 0.25) is 0 Å². The fourth-order valence-corrected chi connectivity index (χ4v) is 4.31. The number of carbonyl (C=O) groups is 1. The zero-order valence-corrected chi connectivity index (χ0v) is 15.7. The number of rotatable bonds is 6. The van der Waals surface area contributed by atoms with Crippen molar-refractivity contribution < 1.29 is 4.79 Å². The van der Waals surface area contributed by atoms with E-state index in [-0.39, 0.29) is 11.9 Å². The van der Waals surface area contributed by atoms with Gasteiger partial charge in [0.15, 0.2) is 0 Å². The maximum absolute atomic E-state index is 12.3. The molecular weight excluding hydrogens is 346 g/mol. The Balaban J connectivity index is 1.37. The smallest absolute Gasteiger partial charge is 0.267 e. The first-order valence-corrected chi connectivity index (χ1v) is 9.75. The predicted molar refractivity (Wildman–Crippen MR) is 102 cm³/mol. The first-order chi connectivity index (χ1) is 12.7. The number of thiophene rings is 1. The Kier molecular flexibility index (Phi) is 4.90. The molecule has 1 aliphatic heterocycles. The second-order valence-corrected chi connectivity index (χ2v) is 7.75. The van der Waals surface area contributed by atoms with E-state index in [1.54, 1.807) is 11.3 Å². The van der Waals surface area contributed by atoms with Crippen molar-refractivity contribution in [2.45, 2.75) is 25.6 Å². The molecule has 1 atom stereocenters. The van der Waals surface area contributed by atoms with Crippen LogP contribution in [0.5, 0.6) is 0 Å². The molecule has 1 amide bonds. The molecule has 0 saturated heterocycles. The lowest BCUT2D eigenvalue weighted by molar-refractivity contribution is 0.0939. The highest BCUT2D eigenvalue weighted by atomic mass is 32.1. The fraction of sp³-hybridized carbons (Fsp3) is 0.368. The van der Waals surface area contributed by atoms with Crippen molar-refractivity contribution in [2.75, 3.05) is 13.1 Å². The third-order valence-corrected chi connectivity index (χ3v) is 5.71. The van der Waals surface area contributed by atoms with E-state index in [9.17, 15) is 4.79 Å². The lowest BCUT2D eigenvalue weighted by Crippen LogP contribution is -2.38. The van der Waals surface area contributed by atoms with E-state index in [1.807, 2.05) is 36.1 Å². The molecule has 1 N–H and O–H groups in total. The number of nitrogens with zero attached hydrogens (tertiary/aromatic N) is 4. The third-order valence-electron chi connectivity index (χ3n) is 4.85. The summed E-state index contributed by atoms with van der Waals surface area (Å²) < 4.78 is 3.96.